The Balaban J connectivity index is 1.49. The maximum absolute atomic E-state index is 13.7. The number of urea groups is 1. The lowest BCUT2D eigenvalue weighted by Gasteiger charge is -2.41. The maximum atomic E-state index is 13.7. The van der Waals surface area contributed by atoms with Crippen molar-refractivity contribution in [1.29, 1.82) is 0 Å². The molecule has 5 rings (SSSR count). The van der Waals surface area contributed by atoms with Gasteiger partial charge < -0.3 is 34.7 Å². The first-order chi connectivity index (χ1) is 18.1. The normalized spacial score (nSPS) is 17.6. The van der Waals surface area contributed by atoms with Crippen LogP contribution in [-0.2, 0) is 24.0 Å². The Morgan fingerprint density at radius 2 is 1.97 bits per heavy atom. The van der Waals surface area contributed by atoms with Crippen molar-refractivity contribution in [1.82, 2.24) is 14.8 Å². The molecule has 3 aromatic rings. The number of nitrogens with zero attached hydrogens (tertiary/aromatic N) is 2. The van der Waals surface area contributed by atoms with Crippen molar-refractivity contribution in [3.8, 4) is 11.5 Å². The molecule has 8 nitrogen and oxygen atoms in total. The van der Waals surface area contributed by atoms with Crippen molar-refractivity contribution in [3.63, 3.8) is 0 Å². The number of aromatic amines is 1. The second-order valence-electron chi connectivity index (χ2n) is 9.74. The SMILES string of the molecule is CCOc1cc2c(cc1CCN)CCN(C(=O)N1CCOCC1)C2CCc1c[nH]c2ccc(OC)cc12. The number of hydrogen-bond donors (Lipinski definition) is 2. The second-order valence-corrected chi connectivity index (χ2v) is 9.74. The third kappa shape index (κ3) is 5.26. The van der Waals surface area contributed by atoms with E-state index in [0.29, 0.717) is 46.0 Å². The molecular weight excluding hydrogens is 468 g/mol. The number of carbonyl (C=O) groups is 1. The van der Waals surface area contributed by atoms with Crippen LogP contribution in [0.2, 0.25) is 0 Å². The number of nitrogens with two attached hydrogens (primary N) is 1. The minimum atomic E-state index is -0.0409. The van der Waals surface area contributed by atoms with E-state index in [2.05, 4.69) is 40.3 Å². The third-order valence-electron chi connectivity index (χ3n) is 7.58. The van der Waals surface area contributed by atoms with Gasteiger partial charge in [-0.05, 0) is 85.7 Å². The van der Waals surface area contributed by atoms with Crippen LogP contribution < -0.4 is 15.2 Å². The molecule has 2 aromatic carbocycles. The van der Waals surface area contributed by atoms with E-state index in [-0.39, 0.29) is 12.1 Å². The molecule has 2 amide bonds. The molecule has 2 aliphatic rings. The van der Waals surface area contributed by atoms with E-state index in [4.69, 9.17) is 19.9 Å². The number of carbonyl (C=O) groups excluding carboxylic acids is 1. The van der Waals surface area contributed by atoms with Crippen molar-refractivity contribution < 1.29 is 19.0 Å². The van der Waals surface area contributed by atoms with Gasteiger partial charge in [0.2, 0.25) is 0 Å². The summed E-state index contributed by atoms with van der Waals surface area (Å²) in [6, 6.07) is 10.6. The van der Waals surface area contributed by atoms with Gasteiger partial charge in [-0.3, -0.25) is 0 Å². The Morgan fingerprint density at radius 1 is 1.14 bits per heavy atom. The number of fused-ring (bicyclic) bond motifs is 2. The molecule has 0 spiro atoms. The first kappa shape index (κ1) is 25.4. The Bertz CT molecular complexity index is 1230. The van der Waals surface area contributed by atoms with Crippen LogP contribution in [0, 0.1) is 0 Å². The minimum Gasteiger partial charge on any atom is -0.497 e. The van der Waals surface area contributed by atoms with Gasteiger partial charge in [0.15, 0.2) is 0 Å². The molecule has 1 saturated heterocycles. The Kier molecular flexibility index (Phi) is 7.86. The van der Waals surface area contributed by atoms with Crippen molar-refractivity contribution in [3.05, 3.63) is 58.8 Å². The third-order valence-corrected chi connectivity index (χ3v) is 7.58. The average Bonchev–Trinajstić information content (AvgIpc) is 3.34. The topological polar surface area (TPSA) is 93.0 Å². The molecule has 1 aromatic heterocycles. The number of aromatic nitrogens is 1. The maximum Gasteiger partial charge on any atom is 0.320 e. The number of ether oxygens (including phenoxy) is 3. The molecule has 0 aliphatic carbocycles. The summed E-state index contributed by atoms with van der Waals surface area (Å²) in [4.78, 5) is 21.1. The summed E-state index contributed by atoms with van der Waals surface area (Å²) in [5.41, 5.74) is 11.9. The molecule has 3 heterocycles. The summed E-state index contributed by atoms with van der Waals surface area (Å²) < 4.78 is 17.0. The minimum absolute atomic E-state index is 0.0409. The van der Waals surface area contributed by atoms with E-state index in [0.717, 1.165) is 53.6 Å². The average molecular weight is 507 g/mol. The molecule has 0 bridgehead atoms. The van der Waals surface area contributed by atoms with Crippen LogP contribution in [0.5, 0.6) is 11.5 Å². The zero-order chi connectivity index (χ0) is 25.8. The number of rotatable bonds is 8. The molecule has 37 heavy (non-hydrogen) atoms. The van der Waals surface area contributed by atoms with E-state index in [1.165, 1.54) is 16.7 Å². The lowest BCUT2D eigenvalue weighted by atomic mass is 9.87. The Morgan fingerprint density at radius 3 is 2.73 bits per heavy atom. The summed E-state index contributed by atoms with van der Waals surface area (Å²) in [6.45, 7) is 6.33. The molecular formula is C29H38N4O4. The standard InChI is InChI=1S/C29H38N4O4/c1-3-37-28-18-25-20(16-21(28)8-10-30)9-11-33(29(34)32-12-14-36-15-13-32)27(25)7-4-22-19-31-26-6-5-23(35-2)17-24(22)26/h5-6,16-19,27,31H,3-4,7-15,30H2,1-2H3. The van der Waals surface area contributed by atoms with Crippen LogP contribution in [0.25, 0.3) is 10.9 Å². The van der Waals surface area contributed by atoms with Gasteiger partial charge in [-0.15, -0.1) is 0 Å². The Hall–Kier alpha value is -3.23. The van der Waals surface area contributed by atoms with Gasteiger partial charge in [0, 0.05) is 36.7 Å². The summed E-state index contributed by atoms with van der Waals surface area (Å²) in [7, 11) is 1.69. The first-order valence-electron chi connectivity index (χ1n) is 13.4. The highest BCUT2D eigenvalue weighted by Gasteiger charge is 2.34. The summed E-state index contributed by atoms with van der Waals surface area (Å²) >= 11 is 0. The molecule has 1 fully saturated rings. The van der Waals surface area contributed by atoms with Crippen molar-refractivity contribution in [2.45, 2.75) is 38.6 Å². The van der Waals surface area contributed by atoms with Gasteiger partial charge in [-0.25, -0.2) is 4.79 Å². The number of methoxy groups -OCH3 is 1. The van der Waals surface area contributed by atoms with E-state index < -0.39 is 0 Å². The summed E-state index contributed by atoms with van der Waals surface area (Å²) in [5.74, 6) is 1.73. The lowest BCUT2D eigenvalue weighted by Crippen LogP contribution is -2.51. The van der Waals surface area contributed by atoms with Gasteiger partial charge in [-0.2, -0.15) is 0 Å². The number of hydrogen-bond acceptors (Lipinski definition) is 5. The smallest absolute Gasteiger partial charge is 0.320 e. The van der Waals surface area contributed by atoms with E-state index in [1.807, 2.05) is 17.9 Å². The molecule has 198 valence electrons. The van der Waals surface area contributed by atoms with Gasteiger partial charge in [0.25, 0.3) is 0 Å². The second kappa shape index (κ2) is 11.4. The first-order valence-corrected chi connectivity index (χ1v) is 13.4. The zero-order valence-corrected chi connectivity index (χ0v) is 21.9. The molecule has 2 aliphatic heterocycles. The number of H-pyrrole nitrogens is 1. The fourth-order valence-corrected chi connectivity index (χ4v) is 5.68. The number of amides is 2. The van der Waals surface area contributed by atoms with Gasteiger partial charge >= 0.3 is 6.03 Å². The highest BCUT2D eigenvalue weighted by molar-refractivity contribution is 5.84. The van der Waals surface area contributed by atoms with Crippen LogP contribution >= 0.6 is 0 Å². The number of nitrogens with one attached hydrogen (secondary N) is 1. The van der Waals surface area contributed by atoms with E-state index >= 15 is 0 Å². The molecule has 0 saturated carbocycles. The summed E-state index contributed by atoms with van der Waals surface area (Å²) in [5, 5.41) is 1.16. The van der Waals surface area contributed by atoms with Crippen LogP contribution in [0.1, 0.15) is 41.6 Å². The van der Waals surface area contributed by atoms with Crippen LogP contribution in [0.15, 0.2) is 36.5 Å². The highest BCUT2D eigenvalue weighted by Crippen LogP contribution is 2.39. The van der Waals surface area contributed by atoms with Crippen molar-refractivity contribution >= 4 is 16.9 Å². The Labute approximate surface area is 218 Å². The van der Waals surface area contributed by atoms with Crippen LogP contribution in [0.4, 0.5) is 4.79 Å². The lowest BCUT2D eigenvalue weighted by molar-refractivity contribution is 0.0376. The number of benzene rings is 2. The van der Waals surface area contributed by atoms with Crippen molar-refractivity contribution in [2.75, 3.05) is 53.1 Å². The fraction of sp³-hybridized carbons (Fsp3) is 0.483. The quantitative estimate of drug-likeness (QED) is 0.481. The number of aryl methyl sites for hydroxylation is 1. The van der Waals surface area contributed by atoms with Gasteiger partial charge in [0.1, 0.15) is 11.5 Å². The van der Waals surface area contributed by atoms with Crippen LogP contribution in [0.3, 0.4) is 0 Å². The summed E-state index contributed by atoms with van der Waals surface area (Å²) in [6.07, 6.45) is 5.34. The molecule has 8 heteroatoms. The fourth-order valence-electron chi connectivity index (χ4n) is 5.68. The zero-order valence-electron chi connectivity index (χ0n) is 21.9. The number of morpholine rings is 1. The van der Waals surface area contributed by atoms with Gasteiger partial charge in [-0.1, -0.05) is 6.07 Å². The van der Waals surface area contributed by atoms with Crippen molar-refractivity contribution in [2.24, 2.45) is 5.73 Å². The molecule has 0 radical (unpaired) electrons. The largest absolute Gasteiger partial charge is 0.497 e. The van der Waals surface area contributed by atoms with E-state index in [1.54, 1.807) is 7.11 Å². The monoisotopic (exact) mass is 506 g/mol. The molecule has 1 unspecified atom stereocenters. The van der Waals surface area contributed by atoms with E-state index in [9.17, 15) is 4.79 Å². The highest BCUT2D eigenvalue weighted by atomic mass is 16.5. The molecule has 3 N–H and O–H groups in total. The predicted molar refractivity (Wildman–Crippen MR) is 144 cm³/mol. The van der Waals surface area contributed by atoms with Crippen LogP contribution in [-0.4, -0.2) is 73.9 Å². The molecule has 1 atom stereocenters. The predicted octanol–water partition coefficient (Wildman–Crippen LogP) is 4.06. The van der Waals surface area contributed by atoms with Gasteiger partial charge in [0.05, 0.1) is 33.0 Å².